The van der Waals surface area contributed by atoms with E-state index in [2.05, 4.69) is 25.6 Å². The second-order valence-corrected chi connectivity index (χ2v) is 6.91. The molecule has 144 valence electrons. The van der Waals surface area contributed by atoms with E-state index >= 15 is 0 Å². The number of amides is 1. The second kappa shape index (κ2) is 9.14. The van der Waals surface area contributed by atoms with Crippen molar-refractivity contribution >= 4 is 23.6 Å². The molecule has 8 nitrogen and oxygen atoms in total. The van der Waals surface area contributed by atoms with Gasteiger partial charge in [-0.2, -0.15) is 4.68 Å². The summed E-state index contributed by atoms with van der Waals surface area (Å²) in [5, 5.41) is 15.0. The standard InChI is InChI=1S/C19H19N5O3S/c1-13-3-9-16(10-4-13)24-19(21-22-23-24)28-12-17(25)20-11-14-5-7-15(8-6-14)18(26)27-2/h3-10H,11-12H2,1-2H3,(H,20,25). The molecule has 28 heavy (non-hydrogen) atoms. The molecule has 1 N–H and O–H groups in total. The van der Waals surface area contributed by atoms with Crippen LogP contribution in [-0.2, 0) is 16.1 Å². The lowest BCUT2D eigenvalue weighted by molar-refractivity contribution is -0.118. The number of hydrogen-bond acceptors (Lipinski definition) is 7. The molecule has 0 saturated carbocycles. The van der Waals surface area contributed by atoms with E-state index in [1.165, 1.54) is 18.9 Å². The van der Waals surface area contributed by atoms with Gasteiger partial charge in [0.15, 0.2) is 0 Å². The molecule has 0 radical (unpaired) electrons. The van der Waals surface area contributed by atoms with Crippen LogP contribution < -0.4 is 5.32 Å². The predicted octanol–water partition coefficient (Wildman–Crippen LogP) is 2.17. The SMILES string of the molecule is COC(=O)c1ccc(CNC(=O)CSc2nnnn2-c2ccc(C)cc2)cc1. The van der Waals surface area contributed by atoms with Gasteiger partial charge in [-0.3, -0.25) is 4.79 Å². The van der Waals surface area contributed by atoms with Crippen LogP contribution >= 0.6 is 11.8 Å². The number of carbonyl (C=O) groups excluding carboxylic acids is 2. The maximum atomic E-state index is 12.1. The lowest BCUT2D eigenvalue weighted by Crippen LogP contribution is -2.24. The molecule has 0 bridgehead atoms. The van der Waals surface area contributed by atoms with Crippen molar-refractivity contribution in [3.8, 4) is 5.69 Å². The third kappa shape index (κ3) is 4.95. The summed E-state index contributed by atoms with van der Waals surface area (Å²) in [4.78, 5) is 23.6. The topological polar surface area (TPSA) is 99.0 Å². The first-order chi connectivity index (χ1) is 13.6. The van der Waals surface area contributed by atoms with Gasteiger partial charge in [-0.25, -0.2) is 4.79 Å². The molecule has 0 aliphatic heterocycles. The zero-order chi connectivity index (χ0) is 19.9. The molecular weight excluding hydrogens is 378 g/mol. The molecule has 0 aliphatic rings. The van der Waals surface area contributed by atoms with Crippen LogP contribution in [0, 0.1) is 6.92 Å². The molecule has 0 saturated heterocycles. The van der Waals surface area contributed by atoms with Crippen molar-refractivity contribution in [2.75, 3.05) is 12.9 Å². The average Bonchev–Trinajstić information content (AvgIpc) is 3.19. The fraction of sp³-hybridized carbons (Fsp3) is 0.211. The van der Waals surface area contributed by atoms with Gasteiger partial charge in [-0.05, 0) is 47.2 Å². The summed E-state index contributed by atoms with van der Waals surface area (Å²) in [6.45, 7) is 2.37. The normalized spacial score (nSPS) is 10.5. The second-order valence-electron chi connectivity index (χ2n) is 5.96. The number of esters is 1. The quantitative estimate of drug-likeness (QED) is 0.482. The van der Waals surface area contributed by atoms with Gasteiger partial charge in [-0.1, -0.05) is 41.6 Å². The molecule has 1 heterocycles. The third-order valence-electron chi connectivity index (χ3n) is 3.92. The van der Waals surface area contributed by atoms with E-state index < -0.39 is 5.97 Å². The zero-order valence-corrected chi connectivity index (χ0v) is 16.3. The number of nitrogens with one attached hydrogen (secondary N) is 1. The predicted molar refractivity (Wildman–Crippen MR) is 104 cm³/mol. The lowest BCUT2D eigenvalue weighted by Gasteiger charge is -2.07. The van der Waals surface area contributed by atoms with Crippen LogP contribution in [0.3, 0.4) is 0 Å². The number of benzene rings is 2. The largest absolute Gasteiger partial charge is 0.465 e. The number of nitrogens with zero attached hydrogens (tertiary/aromatic N) is 4. The average molecular weight is 397 g/mol. The summed E-state index contributed by atoms with van der Waals surface area (Å²) in [5.74, 6) is -0.342. The van der Waals surface area contributed by atoms with Crippen LogP contribution in [-0.4, -0.2) is 44.9 Å². The first-order valence-electron chi connectivity index (χ1n) is 8.49. The third-order valence-corrected chi connectivity index (χ3v) is 4.84. The highest BCUT2D eigenvalue weighted by molar-refractivity contribution is 7.99. The molecule has 3 aromatic rings. The molecule has 3 rings (SSSR count). The monoisotopic (exact) mass is 397 g/mol. The van der Waals surface area contributed by atoms with E-state index in [9.17, 15) is 9.59 Å². The van der Waals surface area contributed by atoms with Crippen LogP contribution in [0.5, 0.6) is 0 Å². The summed E-state index contributed by atoms with van der Waals surface area (Å²) in [5.41, 5.74) is 3.33. The van der Waals surface area contributed by atoms with Crippen molar-refractivity contribution in [1.29, 1.82) is 0 Å². The van der Waals surface area contributed by atoms with Gasteiger partial charge in [0.2, 0.25) is 11.1 Å². The Labute approximate surface area is 166 Å². The molecule has 0 aliphatic carbocycles. The van der Waals surface area contributed by atoms with Crippen molar-refractivity contribution in [2.45, 2.75) is 18.6 Å². The van der Waals surface area contributed by atoms with E-state index in [4.69, 9.17) is 0 Å². The minimum Gasteiger partial charge on any atom is -0.465 e. The Bertz CT molecular complexity index is 954. The Morgan fingerprint density at radius 3 is 2.50 bits per heavy atom. The van der Waals surface area contributed by atoms with Crippen LogP contribution in [0.2, 0.25) is 0 Å². The van der Waals surface area contributed by atoms with E-state index in [1.807, 2.05) is 31.2 Å². The number of aryl methyl sites for hydroxylation is 1. The molecule has 0 fully saturated rings. The number of tetrazole rings is 1. The number of methoxy groups -OCH3 is 1. The summed E-state index contributed by atoms with van der Waals surface area (Å²) < 4.78 is 6.26. The molecule has 0 spiro atoms. The van der Waals surface area contributed by atoms with Crippen molar-refractivity contribution in [3.05, 3.63) is 65.2 Å². The molecular formula is C19H19N5O3S. The molecule has 1 aromatic heterocycles. The maximum absolute atomic E-state index is 12.1. The first kappa shape index (κ1) is 19.6. The molecule has 9 heteroatoms. The van der Waals surface area contributed by atoms with Gasteiger partial charge in [-0.15, -0.1) is 5.10 Å². The fourth-order valence-electron chi connectivity index (χ4n) is 2.38. The Morgan fingerprint density at radius 1 is 1.11 bits per heavy atom. The first-order valence-corrected chi connectivity index (χ1v) is 9.47. The highest BCUT2D eigenvalue weighted by atomic mass is 32.2. The van der Waals surface area contributed by atoms with Crippen molar-refractivity contribution < 1.29 is 14.3 Å². The number of ether oxygens (including phenoxy) is 1. The Morgan fingerprint density at radius 2 is 1.82 bits per heavy atom. The number of aromatic nitrogens is 4. The molecule has 0 atom stereocenters. The van der Waals surface area contributed by atoms with Crippen molar-refractivity contribution in [2.24, 2.45) is 0 Å². The van der Waals surface area contributed by atoms with Gasteiger partial charge >= 0.3 is 5.97 Å². The summed E-state index contributed by atoms with van der Waals surface area (Å²) in [7, 11) is 1.34. The molecule has 2 aromatic carbocycles. The smallest absolute Gasteiger partial charge is 0.337 e. The van der Waals surface area contributed by atoms with E-state index in [1.54, 1.807) is 28.9 Å². The van der Waals surface area contributed by atoms with E-state index in [0.717, 1.165) is 16.8 Å². The molecule has 0 unspecified atom stereocenters. The lowest BCUT2D eigenvalue weighted by atomic mass is 10.1. The Balaban J connectivity index is 1.52. The fourth-order valence-corrected chi connectivity index (χ4v) is 3.10. The van der Waals surface area contributed by atoms with Crippen LogP contribution in [0.4, 0.5) is 0 Å². The van der Waals surface area contributed by atoms with Crippen LogP contribution in [0.1, 0.15) is 21.5 Å². The zero-order valence-electron chi connectivity index (χ0n) is 15.5. The maximum Gasteiger partial charge on any atom is 0.337 e. The van der Waals surface area contributed by atoms with Crippen LogP contribution in [0.25, 0.3) is 5.69 Å². The number of carbonyl (C=O) groups is 2. The highest BCUT2D eigenvalue weighted by Crippen LogP contribution is 2.18. The van der Waals surface area contributed by atoms with Crippen molar-refractivity contribution in [1.82, 2.24) is 25.5 Å². The minimum atomic E-state index is -0.390. The van der Waals surface area contributed by atoms with Crippen molar-refractivity contribution in [3.63, 3.8) is 0 Å². The minimum absolute atomic E-state index is 0.138. The van der Waals surface area contributed by atoms with E-state index in [0.29, 0.717) is 17.3 Å². The number of rotatable bonds is 7. The number of hydrogen-bond donors (Lipinski definition) is 1. The van der Waals surface area contributed by atoms with Gasteiger partial charge in [0.1, 0.15) is 0 Å². The van der Waals surface area contributed by atoms with Gasteiger partial charge in [0.25, 0.3) is 0 Å². The Kier molecular flexibility index (Phi) is 6.38. The van der Waals surface area contributed by atoms with Crippen LogP contribution in [0.15, 0.2) is 53.7 Å². The van der Waals surface area contributed by atoms with E-state index in [-0.39, 0.29) is 11.7 Å². The van der Waals surface area contributed by atoms with Gasteiger partial charge < -0.3 is 10.1 Å². The summed E-state index contributed by atoms with van der Waals surface area (Å²) in [6.07, 6.45) is 0. The Hall–Kier alpha value is -3.20. The summed E-state index contributed by atoms with van der Waals surface area (Å²) >= 11 is 1.26. The number of thioether (sulfide) groups is 1. The van der Waals surface area contributed by atoms with Gasteiger partial charge in [0, 0.05) is 6.54 Å². The van der Waals surface area contributed by atoms with Gasteiger partial charge in [0.05, 0.1) is 24.1 Å². The summed E-state index contributed by atoms with van der Waals surface area (Å²) in [6, 6.07) is 14.7. The molecule has 1 amide bonds. The highest BCUT2D eigenvalue weighted by Gasteiger charge is 2.11.